The lowest BCUT2D eigenvalue weighted by Gasteiger charge is -2.19. The molecular weight excluding hydrogens is 222 g/mol. The maximum absolute atomic E-state index is 4.63. The molecule has 1 aliphatic rings. The standard InChI is InChI=1S/C15H27N3/c1-15(2,3)16-12-14-9-11-18(17-14)10-8-13-6-4-5-7-13/h9,11,13,16H,4-8,10,12H2,1-3H3. The predicted octanol–water partition coefficient (Wildman–Crippen LogP) is 3.35. The zero-order valence-electron chi connectivity index (χ0n) is 12.1. The van der Waals surface area contributed by atoms with Crippen molar-refractivity contribution in [3.63, 3.8) is 0 Å². The zero-order valence-corrected chi connectivity index (χ0v) is 12.1. The van der Waals surface area contributed by atoms with Crippen LogP contribution in [0.4, 0.5) is 0 Å². The first-order valence-electron chi connectivity index (χ1n) is 7.30. The highest BCUT2D eigenvalue weighted by Gasteiger charge is 2.15. The molecule has 0 amide bonds. The Morgan fingerprint density at radius 3 is 2.72 bits per heavy atom. The molecule has 0 atom stereocenters. The van der Waals surface area contributed by atoms with Crippen LogP contribution in [0.2, 0.25) is 0 Å². The van der Waals surface area contributed by atoms with E-state index >= 15 is 0 Å². The summed E-state index contributed by atoms with van der Waals surface area (Å²) in [6, 6.07) is 2.13. The van der Waals surface area contributed by atoms with Gasteiger partial charge in [-0.15, -0.1) is 0 Å². The Labute approximate surface area is 111 Å². The van der Waals surface area contributed by atoms with E-state index in [9.17, 15) is 0 Å². The Morgan fingerprint density at radius 1 is 1.33 bits per heavy atom. The van der Waals surface area contributed by atoms with Crippen LogP contribution in [0, 0.1) is 5.92 Å². The highest BCUT2D eigenvalue weighted by molar-refractivity contribution is 4.99. The van der Waals surface area contributed by atoms with E-state index in [0.717, 1.165) is 24.7 Å². The summed E-state index contributed by atoms with van der Waals surface area (Å²) in [5, 5.41) is 8.10. The van der Waals surface area contributed by atoms with Crippen molar-refractivity contribution in [2.24, 2.45) is 5.92 Å². The lowest BCUT2D eigenvalue weighted by molar-refractivity contribution is 0.413. The Morgan fingerprint density at radius 2 is 2.06 bits per heavy atom. The molecule has 102 valence electrons. The van der Waals surface area contributed by atoms with Gasteiger partial charge < -0.3 is 5.32 Å². The van der Waals surface area contributed by atoms with Crippen molar-refractivity contribution in [2.45, 2.75) is 71.5 Å². The van der Waals surface area contributed by atoms with Gasteiger partial charge in [0, 0.05) is 24.8 Å². The van der Waals surface area contributed by atoms with E-state index in [2.05, 4.69) is 48.1 Å². The van der Waals surface area contributed by atoms with Crippen LogP contribution >= 0.6 is 0 Å². The molecule has 18 heavy (non-hydrogen) atoms. The molecule has 1 N–H and O–H groups in total. The van der Waals surface area contributed by atoms with Gasteiger partial charge in [0.15, 0.2) is 0 Å². The first-order chi connectivity index (χ1) is 8.53. The van der Waals surface area contributed by atoms with E-state index in [1.54, 1.807) is 0 Å². The average Bonchev–Trinajstić information content (AvgIpc) is 2.94. The van der Waals surface area contributed by atoms with Crippen LogP contribution in [-0.2, 0) is 13.1 Å². The van der Waals surface area contributed by atoms with Crippen molar-refractivity contribution < 1.29 is 0 Å². The minimum Gasteiger partial charge on any atom is -0.306 e. The number of hydrogen-bond donors (Lipinski definition) is 1. The third-order valence-electron chi connectivity index (χ3n) is 3.74. The fourth-order valence-corrected chi connectivity index (χ4v) is 2.59. The van der Waals surface area contributed by atoms with E-state index in [4.69, 9.17) is 0 Å². The highest BCUT2D eigenvalue weighted by atomic mass is 15.3. The Balaban J connectivity index is 1.75. The second-order valence-corrected chi connectivity index (χ2v) is 6.61. The van der Waals surface area contributed by atoms with Crippen LogP contribution in [0.25, 0.3) is 0 Å². The molecular formula is C15H27N3. The van der Waals surface area contributed by atoms with Gasteiger partial charge in [-0.3, -0.25) is 4.68 Å². The minimum atomic E-state index is 0.160. The smallest absolute Gasteiger partial charge is 0.0762 e. The fraction of sp³-hybridized carbons (Fsp3) is 0.800. The number of aromatic nitrogens is 2. The third-order valence-corrected chi connectivity index (χ3v) is 3.74. The molecule has 3 nitrogen and oxygen atoms in total. The average molecular weight is 249 g/mol. The topological polar surface area (TPSA) is 29.9 Å². The van der Waals surface area contributed by atoms with Crippen LogP contribution in [0.15, 0.2) is 12.3 Å². The van der Waals surface area contributed by atoms with Gasteiger partial charge in [0.1, 0.15) is 0 Å². The Bertz CT molecular complexity index is 356. The quantitative estimate of drug-likeness (QED) is 0.867. The lowest BCUT2D eigenvalue weighted by Crippen LogP contribution is -2.35. The van der Waals surface area contributed by atoms with Crippen molar-refractivity contribution in [1.29, 1.82) is 0 Å². The van der Waals surface area contributed by atoms with Gasteiger partial charge in [0.05, 0.1) is 5.69 Å². The van der Waals surface area contributed by atoms with Gasteiger partial charge >= 0.3 is 0 Å². The van der Waals surface area contributed by atoms with Crippen molar-refractivity contribution >= 4 is 0 Å². The molecule has 3 heteroatoms. The Hall–Kier alpha value is -0.830. The van der Waals surface area contributed by atoms with Crippen LogP contribution in [0.5, 0.6) is 0 Å². The van der Waals surface area contributed by atoms with Gasteiger partial charge in [-0.2, -0.15) is 5.10 Å². The molecule has 1 fully saturated rings. The summed E-state index contributed by atoms with van der Waals surface area (Å²) in [6.45, 7) is 8.50. The van der Waals surface area contributed by atoms with Gasteiger partial charge in [-0.1, -0.05) is 25.7 Å². The van der Waals surface area contributed by atoms with Gasteiger partial charge in [0.25, 0.3) is 0 Å². The molecule has 1 aliphatic carbocycles. The van der Waals surface area contributed by atoms with E-state index in [1.807, 2.05) is 0 Å². The molecule has 0 aromatic carbocycles. The summed E-state index contributed by atoms with van der Waals surface area (Å²) in [7, 11) is 0. The first-order valence-corrected chi connectivity index (χ1v) is 7.30. The molecule has 0 saturated heterocycles. The normalized spacial score (nSPS) is 17.5. The maximum Gasteiger partial charge on any atom is 0.0762 e. The van der Waals surface area contributed by atoms with Gasteiger partial charge in [0.2, 0.25) is 0 Å². The molecule has 1 aromatic heterocycles. The lowest BCUT2D eigenvalue weighted by atomic mass is 10.0. The van der Waals surface area contributed by atoms with E-state index < -0.39 is 0 Å². The van der Waals surface area contributed by atoms with Crippen molar-refractivity contribution in [2.75, 3.05) is 0 Å². The molecule has 1 heterocycles. The van der Waals surface area contributed by atoms with E-state index in [1.165, 1.54) is 32.1 Å². The highest BCUT2D eigenvalue weighted by Crippen LogP contribution is 2.27. The minimum absolute atomic E-state index is 0.160. The fourth-order valence-electron chi connectivity index (χ4n) is 2.59. The summed E-state index contributed by atoms with van der Waals surface area (Å²) in [4.78, 5) is 0. The maximum atomic E-state index is 4.63. The first kappa shape index (κ1) is 13.6. The number of rotatable bonds is 5. The predicted molar refractivity (Wildman–Crippen MR) is 75.4 cm³/mol. The monoisotopic (exact) mass is 249 g/mol. The number of nitrogens with one attached hydrogen (secondary N) is 1. The summed E-state index contributed by atoms with van der Waals surface area (Å²) in [5.74, 6) is 0.949. The SMILES string of the molecule is CC(C)(C)NCc1ccn(CCC2CCCC2)n1. The molecule has 1 saturated carbocycles. The van der Waals surface area contributed by atoms with Crippen molar-refractivity contribution in [3.05, 3.63) is 18.0 Å². The molecule has 0 unspecified atom stereocenters. The number of aryl methyl sites for hydroxylation is 1. The second kappa shape index (κ2) is 5.87. The Kier molecular flexibility index (Phi) is 4.44. The summed E-state index contributed by atoms with van der Waals surface area (Å²) >= 11 is 0. The van der Waals surface area contributed by atoms with Crippen molar-refractivity contribution in [1.82, 2.24) is 15.1 Å². The number of nitrogens with zero attached hydrogens (tertiary/aromatic N) is 2. The van der Waals surface area contributed by atoms with Crippen LogP contribution < -0.4 is 5.32 Å². The van der Waals surface area contributed by atoms with Crippen LogP contribution in [0.3, 0.4) is 0 Å². The summed E-state index contributed by atoms with van der Waals surface area (Å²) in [6.07, 6.45) is 9.15. The molecule has 0 spiro atoms. The molecule has 0 bridgehead atoms. The van der Waals surface area contributed by atoms with E-state index in [-0.39, 0.29) is 5.54 Å². The van der Waals surface area contributed by atoms with Crippen LogP contribution in [-0.4, -0.2) is 15.3 Å². The van der Waals surface area contributed by atoms with Gasteiger partial charge in [-0.25, -0.2) is 0 Å². The molecule has 1 aromatic rings. The number of hydrogen-bond acceptors (Lipinski definition) is 2. The molecule has 0 radical (unpaired) electrons. The second-order valence-electron chi connectivity index (χ2n) is 6.61. The largest absolute Gasteiger partial charge is 0.306 e. The summed E-state index contributed by atoms with van der Waals surface area (Å²) < 4.78 is 2.11. The van der Waals surface area contributed by atoms with Crippen molar-refractivity contribution in [3.8, 4) is 0 Å². The summed E-state index contributed by atoms with van der Waals surface area (Å²) in [5.41, 5.74) is 1.31. The van der Waals surface area contributed by atoms with Crippen LogP contribution in [0.1, 0.15) is 58.6 Å². The van der Waals surface area contributed by atoms with E-state index in [0.29, 0.717) is 0 Å². The molecule has 0 aliphatic heterocycles. The van der Waals surface area contributed by atoms with Gasteiger partial charge in [-0.05, 0) is 39.2 Å². The third kappa shape index (κ3) is 4.45. The molecule has 2 rings (SSSR count). The zero-order chi connectivity index (χ0) is 13.0.